The normalized spacial score (nSPS) is 13.3. The molecule has 0 amide bonds. The van der Waals surface area contributed by atoms with E-state index >= 15 is 0 Å². The fourth-order valence-corrected chi connectivity index (χ4v) is 3.18. The Morgan fingerprint density at radius 2 is 2.17 bits per heavy atom. The number of hydrogen-bond acceptors (Lipinski definition) is 4. The minimum absolute atomic E-state index is 0.0461. The molecule has 1 aromatic rings. The maximum atomic E-state index is 12.3. The summed E-state index contributed by atoms with van der Waals surface area (Å²) in [6, 6.07) is 5.79. The van der Waals surface area contributed by atoms with Gasteiger partial charge in [-0.1, -0.05) is 17.7 Å². The Balaban J connectivity index is 3.39. The van der Waals surface area contributed by atoms with Crippen LogP contribution in [0.1, 0.15) is 12.5 Å². The average Bonchev–Trinajstić information content (AvgIpc) is 2.36. The van der Waals surface area contributed by atoms with Crippen molar-refractivity contribution in [3.05, 3.63) is 28.8 Å². The van der Waals surface area contributed by atoms with E-state index in [0.29, 0.717) is 0 Å². The quantitative estimate of drug-likeness (QED) is 0.901. The molecule has 5 nitrogen and oxygen atoms in total. The lowest BCUT2D eigenvalue weighted by Crippen LogP contribution is -2.39. The molecule has 1 rings (SSSR count). The number of halogens is 1. The first kappa shape index (κ1) is 14.9. The highest BCUT2D eigenvalue weighted by Gasteiger charge is 2.28. The van der Waals surface area contributed by atoms with E-state index < -0.39 is 10.0 Å². The van der Waals surface area contributed by atoms with Gasteiger partial charge < -0.3 is 5.73 Å². The number of rotatable bonds is 4. The molecule has 0 bridgehead atoms. The molecule has 1 unspecified atom stereocenters. The molecule has 0 aliphatic heterocycles. The van der Waals surface area contributed by atoms with E-state index in [1.165, 1.54) is 25.2 Å². The number of nitrogens with two attached hydrogens (primary N) is 1. The van der Waals surface area contributed by atoms with Gasteiger partial charge in [0.1, 0.15) is 11.0 Å². The third kappa shape index (κ3) is 2.65. The number of benzene rings is 1. The highest BCUT2D eigenvalue weighted by atomic mass is 35.5. The van der Waals surface area contributed by atoms with E-state index in [-0.39, 0.29) is 28.1 Å². The Morgan fingerprint density at radius 1 is 1.56 bits per heavy atom. The second-order valence-electron chi connectivity index (χ2n) is 3.83. The van der Waals surface area contributed by atoms with E-state index in [0.717, 1.165) is 4.31 Å². The average molecular weight is 288 g/mol. The molecular formula is C11H14ClN3O2S. The van der Waals surface area contributed by atoms with Crippen molar-refractivity contribution in [1.82, 2.24) is 4.31 Å². The van der Waals surface area contributed by atoms with Gasteiger partial charge in [-0.2, -0.15) is 9.57 Å². The number of nitrogens with zero attached hydrogens (tertiary/aromatic N) is 2. The van der Waals surface area contributed by atoms with Gasteiger partial charge in [0, 0.05) is 19.6 Å². The van der Waals surface area contributed by atoms with Crippen LogP contribution in [0.15, 0.2) is 23.1 Å². The zero-order valence-electron chi connectivity index (χ0n) is 10.1. The van der Waals surface area contributed by atoms with Gasteiger partial charge in [-0.15, -0.1) is 0 Å². The highest BCUT2D eigenvalue weighted by molar-refractivity contribution is 7.89. The SMILES string of the molecule is CC(CN)N(C)S(=O)(=O)c1cccc(Cl)c1C#N. The summed E-state index contributed by atoms with van der Waals surface area (Å²) < 4.78 is 25.8. The van der Waals surface area contributed by atoms with E-state index in [1.807, 2.05) is 6.07 Å². The van der Waals surface area contributed by atoms with Crippen molar-refractivity contribution < 1.29 is 8.42 Å². The molecule has 0 aliphatic rings. The van der Waals surface area contributed by atoms with Gasteiger partial charge in [-0.25, -0.2) is 8.42 Å². The zero-order chi connectivity index (χ0) is 13.9. The third-order valence-corrected chi connectivity index (χ3v) is 5.04. The maximum Gasteiger partial charge on any atom is 0.244 e. The van der Waals surface area contributed by atoms with E-state index in [4.69, 9.17) is 22.6 Å². The molecule has 0 heterocycles. The monoisotopic (exact) mass is 287 g/mol. The molecule has 1 atom stereocenters. The summed E-state index contributed by atoms with van der Waals surface area (Å²) >= 11 is 5.82. The molecule has 0 spiro atoms. The van der Waals surface area contributed by atoms with Crippen LogP contribution in [0.4, 0.5) is 0 Å². The lowest BCUT2D eigenvalue weighted by molar-refractivity contribution is 0.394. The van der Waals surface area contributed by atoms with Crippen LogP contribution in [0.2, 0.25) is 5.02 Å². The highest BCUT2D eigenvalue weighted by Crippen LogP contribution is 2.25. The first-order valence-corrected chi connectivity index (χ1v) is 7.04. The third-order valence-electron chi connectivity index (χ3n) is 2.71. The van der Waals surface area contributed by atoms with Gasteiger partial charge in [0.25, 0.3) is 0 Å². The summed E-state index contributed by atoms with van der Waals surface area (Å²) in [5, 5.41) is 9.12. The summed E-state index contributed by atoms with van der Waals surface area (Å²) in [5.74, 6) is 0. The van der Waals surface area contributed by atoms with Crippen molar-refractivity contribution >= 4 is 21.6 Å². The van der Waals surface area contributed by atoms with Crippen LogP contribution in [-0.2, 0) is 10.0 Å². The van der Waals surface area contributed by atoms with Crippen LogP contribution in [0.3, 0.4) is 0 Å². The Morgan fingerprint density at radius 3 is 2.67 bits per heavy atom. The van der Waals surface area contributed by atoms with E-state index in [9.17, 15) is 8.42 Å². The van der Waals surface area contributed by atoms with Gasteiger partial charge in [0.15, 0.2) is 0 Å². The van der Waals surface area contributed by atoms with Crippen molar-refractivity contribution in [2.24, 2.45) is 5.73 Å². The lowest BCUT2D eigenvalue weighted by atomic mass is 10.2. The van der Waals surface area contributed by atoms with Crippen LogP contribution in [0.5, 0.6) is 0 Å². The van der Waals surface area contributed by atoms with Gasteiger partial charge in [-0.3, -0.25) is 0 Å². The van der Waals surface area contributed by atoms with Crippen molar-refractivity contribution in [1.29, 1.82) is 5.26 Å². The molecule has 0 aromatic heterocycles. The molecule has 18 heavy (non-hydrogen) atoms. The lowest BCUT2D eigenvalue weighted by Gasteiger charge is -2.23. The smallest absolute Gasteiger partial charge is 0.244 e. The molecule has 98 valence electrons. The van der Waals surface area contributed by atoms with Crippen LogP contribution >= 0.6 is 11.6 Å². The van der Waals surface area contributed by atoms with Crippen LogP contribution < -0.4 is 5.73 Å². The molecule has 2 N–H and O–H groups in total. The minimum Gasteiger partial charge on any atom is -0.329 e. The molecule has 1 aromatic carbocycles. The van der Waals surface area contributed by atoms with Crippen LogP contribution in [0, 0.1) is 11.3 Å². The standard InChI is InChI=1S/C11H14ClN3O2S/c1-8(6-13)15(2)18(16,17)11-5-3-4-10(12)9(11)7-14/h3-5,8H,6,13H2,1-2H3. The largest absolute Gasteiger partial charge is 0.329 e. The fourth-order valence-electron chi connectivity index (χ4n) is 1.37. The van der Waals surface area contributed by atoms with Gasteiger partial charge in [0.05, 0.1) is 10.6 Å². The Hall–Kier alpha value is -1.13. The number of sulfonamides is 1. The second kappa shape index (κ2) is 5.67. The Labute approximate surface area is 112 Å². The van der Waals surface area contributed by atoms with E-state index in [2.05, 4.69) is 0 Å². The van der Waals surface area contributed by atoms with Crippen LogP contribution in [0.25, 0.3) is 0 Å². The first-order chi connectivity index (χ1) is 8.36. The van der Waals surface area contributed by atoms with Crippen molar-refractivity contribution in [2.45, 2.75) is 17.9 Å². The van der Waals surface area contributed by atoms with Crippen LogP contribution in [-0.4, -0.2) is 32.4 Å². The molecule has 7 heteroatoms. The predicted molar refractivity (Wildman–Crippen MR) is 69.6 cm³/mol. The summed E-state index contributed by atoms with van der Waals surface area (Å²) in [7, 11) is -2.34. The molecule has 0 aliphatic carbocycles. The zero-order valence-corrected chi connectivity index (χ0v) is 11.7. The molecule has 0 saturated carbocycles. The summed E-state index contributed by atoms with van der Waals surface area (Å²) in [4.78, 5) is -0.0969. The minimum atomic E-state index is -3.77. The van der Waals surface area contributed by atoms with Crippen molar-refractivity contribution in [2.75, 3.05) is 13.6 Å². The molecule has 0 fully saturated rings. The molecule has 0 saturated heterocycles. The second-order valence-corrected chi connectivity index (χ2v) is 6.20. The number of hydrogen-bond donors (Lipinski definition) is 1. The van der Waals surface area contributed by atoms with Gasteiger partial charge in [-0.05, 0) is 19.1 Å². The summed E-state index contributed by atoms with van der Waals surface area (Å²) in [6.45, 7) is 1.88. The first-order valence-electron chi connectivity index (χ1n) is 5.23. The Kier molecular flexibility index (Phi) is 4.71. The summed E-state index contributed by atoms with van der Waals surface area (Å²) in [5.41, 5.74) is 5.40. The Bertz CT molecular complexity index is 580. The summed E-state index contributed by atoms with van der Waals surface area (Å²) in [6.07, 6.45) is 0. The predicted octanol–water partition coefficient (Wildman–Crippen LogP) is 1.18. The number of likely N-dealkylation sites (N-methyl/N-ethyl adjacent to an activating group) is 1. The molecular weight excluding hydrogens is 274 g/mol. The van der Waals surface area contributed by atoms with Crippen molar-refractivity contribution in [3.63, 3.8) is 0 Å². The fraction of sp³-hybridized carbons (Fsp3) is 0.364. The number of nitriles is 1. The topological polar surface area (TPSA) is 87.2 Å². The van der Waals surface area contributed by atoms with Crippen molar-refractivity contribution in [3.8, 4) is 6.07 Å². The molecule has 0 radical (unpaired) electrons. The van der Waals surface area contributed by atoms with E-state index in [1.54, 1.807) is 6.92 Å². The van der Waals surface area contributed by atoms with Gasteiger partial charge >= 0.3 is 0 Å². The van der Waals surface area contributed by atoms with Gasteiger partial charge in [0.2, 0.25) is 10.0 Å². The maximum absolute atomic E-state index is 12.3.